The summed E-state index contributed by atoms with van der Waals surface area (Å²) in [7, 11) is 0. The highest BCUT2D eigenvalue weighted by Crippen LogP contribution is 2.29. The van der Waals surface area contributed by atoms with Gasteiger partial charge in [0.15, 0.2) is 0 Å². The molecule has 0 aromatic rings. The molecule has 2 heteroatoms. The van der Waals surface area contributed by atoms with Crippen LogP contribution in [0.1, 0.15) is 52.4 Å². The van der Waals surface area contributed by atoms with E-state index >= 15 is 0 Å². The predicted octanol–water partition coefficient (Wildman–Crippen LogP) is 2.39. The predicted molar refractivity (Wildman–Crippen MR) is 65.1 cm³/mol. The number of rotatable bonds is 3. The normalized spacial score (nSPS) is 28.4. The molecule has 1 saturated heterocycles. The van der Waals surface area contributed by atoms with Crippen LogP contribution in [0.3, 0.4) is 0 Å². The summed E-state index contributed by atoms with van der Waals surface area (Å²) >= 11 is 0. The van der Waals surface area contributed by atoms with E-state index in [2.05, 4.69) is 24.1 Å². The highest BCUT2D eigenvalue weighted by atomic mass is 15.2. The van der Waals surface area contributed by atoms with Gasteiger partial charge in [0.1, 0.15) is 0 Å². The van der Waals surface area contributed by atoms with Crippen molar-refractivity contribution in [3.63, 3.8) is 0 Å². The second kappa shape index (κ2) is 4.84. The molecule has 2 rings (SSSR count). The van der Waals surface area contributed by atoms with Gasteiger partial charge in [0.2, 0.25) is 0 Å². The molecule has 15 heavy (non-hydrogen) atoms. The first-order valence-electron chi connectivity index (χ1n) is 6.79. The quantitative estimate of drug-likeness (QED) is 0.769. The fourth-order valence-corrected chi connectivity index (χ4v) is 2.95. The van der Waals surface area contributed by atoms with Gasteiger partial charge in [-0.15, -0.1) is 0 Å². The molecule has 1 aliphatic heterocycles. The summed E-state index contributed by atoms with van der Waals surface area (Å²) in [5.41, 5.74) is 0.409. The molecule has 0 aromatic heterocycles. The lowest BCUT2D eigenvalue weighted by Crippen LogP contribution is -2.53. The van der Waals surface area contributed by atoms with Crippen molar-refractivity contribution in [3.05, 3.63) is 0 Å². The van der Waals surface area contributed by atoms with Crippen LogP contribution >= 0.6 is 0 Å². The Bertz CT molecular complexity index is 195. The minimum absolute atomic E-state index is 0.409. The van der Waals surface area contributed by atoms with E-state index in [1.807, 2.05) is 0 Å². The van der Waals surface area contributed by atoms with E-state index in [9.17, 15) is 0 Å². The molecular weight excluding hydrogens is 184 g/mol. The highest BCUT2D eigenvalue weighted by molar-refractivity contribution is 4.94. The number of nitrogens with one attached hydrogen (secondary N) is 1. The summed E-state index contributed by atoms with van der Waals surface area (Å²) in [5, 5.41) is 3.79. The molecule has 0 atom stereocenters. The Balaban J connectivity index is 2.00. The van der Waals surface area contributed by atoms with Crippen LogP contribution < -0.4 is 5.32 Å². The first-order chi connectivity index (χ1) is 7.29. The summed E-state index contributed by atoms with van der Waals surface area (Å²) in [6.45, 7) is 8.48. The molecule has 1 aliphatic carbocycles. The van der Waals surface area contributed by atoms with E-state index in [0.29, 0.717) is 5.54 Å². The fraction of sp³-hybridized carbons (Fsp3) is 1.00. The molecule has 0 aromatic carbocycles. The van der Waals surface area contributed by atoms with Gasteiger partial charge < -0.3 is 5.32 Å². The number of hydrogen-bond acceptors (Lipinski definition) is 2. The molecule has 0 unspecified atom stereocenters. The largest absolute Gasteiger partial charge is 0.310 e. The van der Waals surface area contributed by atoms with Crippen LogP contribution in [0.2, 0.25) is 0 Å². The van der Waals surface area contributed by atoms with Crippen molar-refractivity contribution >= 4 is 0 Å². The summed E-state index contributed by atoms with van der Waals surface area (Å²) in [6.07, 6.45) is 8.23. The molecule has 2 fully saturated rings. The Hall–Kier alpha value is -0.0800. The van der Waals surface area contributed by atoms with Gasteiger partial charge in [0.25, 0.3) is 0 Å². The Kier molecular flexibility index (Phi) is 3.68. The molecule has 0 radical (unpaired) electrons. The molecular formula is C13H26N2. The topological polar surface area (TPSA) is 15.3 Å². The monoisotopic (exact) mass is 210 g/mol. The first kappa shape index (κ1) is 11.4. The Morgan fingerprint density at radius 1 is 1.20 bits per heavy atom. The molecule has 1 saturated carbocycles. The summed E-state index contributed by atoms with van der Waals surface area (Å²) in [4.78, 5) is 2.76. The average molecular weight is 210 g/mol. The van der Waals surface area contributed by atoms with Crippen LogP contribution in [0.25, 0.3) is 0 Å². The smallest absolute Gasteiger partial charge is 0.0303 e. The van der Waals surface area contributed by atoms with Gasteiger partial charge in [-0.2, -0.15) is 0 Å². The zero-order chi connectivity index (χ0) is 10.7. The summed E-state index contributed by atoms with van der Waals surface area (Å²) in [5.74, 6) is 0. The number of hydrogen-bond donors (Lipinski definition) is 1. The van der Waals surface area contributed by atoms with Gasteiger partial charge >= 0.3 is 0 Å². The minimum Gasteiger partial charge on any atom is -0.310 e. The zero-order valence-corrected chi connectivity index (χ0v) is 10.4. The number of nitrogens with zero attached hydrogens (tertiary/aromatic N) is 1. The molecule has 2 nitrogen and oxygen atoms in total. The molecule has 88 valence electrons. The van der Waals surface area contributed by atoms with Crippen LogP contribution in [-0.2, 0) is 0 Å². The lowest BCUT2D eigenvalue weighted by Gasteiger charge is -2.42. The van der Waals surface area contributed by atoms with E-state index in [0.717, 1.165) is 6.04 Å². The lowest BCUT2D eigenvalue weighted by molar-refractivity contribution is 0.0984. The summed E-state index contributed by atoms with van der Waals surface area (Å²) in [6, 6.07) is 0.919. The van der Waals surface area contributed by atoms with Crippen molar-refractivity contribution in [1.82, 2.24) is 10.2 Å². The third-order valence-electron chi connectivity index (χ3n) is 4.57. The molecule has 1 N–H and O–H groups in total. The van der Waals surface area contributed by atoms with Crippen molar-refractivity contribution in [1.29, 1.82) is 0 Å². The van der Waals surface area contributed by atoms with Crippen LogP contribution in [0.4, 0.5) is 0 Å². The molecule has 1 heterocycles. The summed E-state index contributed by atoms with van der Waals surface area (Å²) < 4.78 is 0. The molecule has 0 amide bonds. The zero-order valence-electron chi connectivity index (χ0n) is 10.4. The van der Waals surface area contributed by atoms with Gasteiger partial charge in [-0.1, -0.05) is 20.3 Å². The lowest BCUT2D eigenvalue weighted by atomic mass is 9.87. The van der Waals surface area contributed by atoms with Crippen LogP contribution in [0, 0.1) is 0 Å². The van der Waals surface area contributed by atoms with Crippen LogP contribution in [0.15, 0.2) is 0 Å². The maximum absolute atomic E-state index is 3.79. The second-order valence-electron chi connectivity index (χ2n) is 5.32. The maximum Gasteiger partial charge on any atom is 0.0303 e. The highest BCUT2D eigenvalue weighted by Gasteiger charge is 2.34. The third-order valence-corrected chi connectivity index (χ3v) is 4.57. The van der Waals surface area contributed by atoms with Crippen molar-refractivity contribution in [3.8, 4) is 0 Å². The first-order valence-corrected chi connectivity index (χ1v) is 6.79. The van der Waals surface area contributed by atoms with Crippen LogP contribution in [0.5, 0.6) is 0 Å². The van der Waals surface area contributed by atoms with E-state index in [-0.39, 0.29) is 0 Å². The molecule has 0 bridgehead atoms. The van der Waals surface area contributed by atoms with Gasteiger partial charge in [-0.3, -0.25) is 4.90 Å². The van der Waals surface area contributed by atoms with Gasteiger partial charge in [0.05, 0.1) is 0 Å². The third kappa shape index (κ3) is 2.36. The average Bonchev–Trinajstić information content (AvgIpc) is 2.39. The van der Waals surface area contributed by atoms with E-state index in [1.54, 1.807) is 0 Å². The molecule has 2 aliphatic rings. The maximum atomic E-state index is 3.79. The fourth-order valence-electron chi connectivity index (χ4n) is 2.95. The Labute approximate surface area is 94.4 Å². The van der Waals surface area contributed by atoms with Gasteiger partial charge in [0, 0.05) is 18.1 Å². The second-order valence-corrected chi connectivity index (χ2v) is 5.32. The Morgan fingerprint density at radius 2 is 1.93 bits per heavy atom. The van der Waals surface area contributed by atoms with Gasteiger partial charge in [-0.05, 0) is 45.2 Å². The van der Waals surface area contributed by atoms with Crippen molar-refractivity contribution in [2.24, 2.45) is 0 Å². The Morgan fingerprint density at radius 3 is 2.47 bits per heavy atom. The SMILES string of the molecule is CCC1(CC)CN(C2CCC2)CCCN1. The van der Waals surface area contributed by atoms with Crippen molar-refractivity contribution < 1.29 is 0 Å². The minimum atomic E-state index is 0.409. The van der Waals surface area contributed by atoms with Crippen LogP contribution in [-0.4, -0.2) is 36.1 Å². The molecule has 0 spiro atoms. The van der Waals surface area contributed by atoms with E-state index in [1.165, 1.54) is 58.2 Å². The standard InChI is InChI=1S/C13H26N2/c1-3-13(4-2)11-15(10-6-9-14-13)12-7-5-8-12/h12,14H,3-11H2,1-2H3. The van der Waals surface area contributed by atoms with Crippen molar-refractivity contribution in [2.75, 3.05) is 19.6 Å². The van der Waals surface area contributed by atoms with E-state index < -0.39 is 0 Å². The van der Waals surface area contributed by atoms with Crippen molar-refractivity contribution in [2.45, 2.75) is 64.0 Å². The van der Waals surface area contributed by atoms with E-state index in [4.69, 9.17) is 0 Å². The van der Waals surface area contributed by atoms with Gasteiger partial charge in [-0.25, -0.2) is 0 Å².